The van der Waals surface area contributed by atoms with E-state index in [4.69, 9.17) is 0 Å². The fourth-order valence-electron chi connectivity index (χ4n) is 3.16. The number of benzene rings is 1. The van der Waals surface area contributed by atoms with Crippen molar-refractivity contribution in [2.24, 2.45) is 11.8 Å². The fourth-order valence-corrected chi connectivity index (χ4v) is 3.16. The quantitative estimate of drug-likeness (QED) is 0.872. The minimum atomic E-state index is -0.243. The third-order valence-electron chi connectivity index (χ3n) is 4.28. The van der Waals surface area contributed by atoms with E-state index in [2.05, 4.69) is 10.6 Å². The highest BCUT2D eigenvalue weighted by atomic mass is 16.2. The summed E-state index contributed by atoms with van der Waals surface area (Å²) >= 11 is 0. The van der Waals surface area contributed by atoms with Crippen LogP contribution in [-0.2, 0) is 11.2 Å². The second-order valence-electron chi connectivity index (χ2n) is 5.87. The van der Waals surface area contributed by atoms with Crippen molar-refractivity contribution in [2.75, 3.05) is 26.2 Å². The minimum absolute atomic E-state index is 0.0302. The Hall–Kier alpha value is -1.88. The van der Waals surface area contributed by atoms with Crippen LogP contribution in [0.15, 0.2) is 30.3 Å². The van der Waals surface area contributed by atoms with Gasteiger partial charge in [0.2, 0.25) is 5.91 Å². The standard InChI is InChI=1S/C16H21N3O2/c20-15-14-8-13(9-17-10-14)11-19(15)16(21)18-7-6-12-4-2-1-3-5-12/h1-5,13-14,17H,6-11H2,(H,18,21). The molecule has 21 heavy (non-hydrogen) atoms. The number of carbonyl (C=O) groups is 2. The molecule has 0 spiro atoms. The number of carbonyl (C=O) groups excluding carboxylic acids is 2. The van der Waals surface area contributed by atoms with Gasteiger partial charge in [-0.15, -0.1) is 0 Å². The Bertz CT molecular complexity index is 518. The number of imide groups is 1. The van der Waals surface area contributed by atoms with Crippen LogP contribution in [0.2, 0.25) is 0 Å². The van der Waals surface area contributed by atoms with Gasteiger partial charge in [0.05, 0.1) is 5.92 Å². The monoisotopic (exact) mass is 287 g/mol. The maximum atomic E-state index is 12.2. The highest BCUT2D eigenvalue weighted by Gasteiger charge is 2.39. The van der Waals surface area contributed by atoms with E-state index < -0.39 is 0 Å². The van der Waals surface area contributed by atoms with Crippen LogP contribution in [0.1, 0.15) is 12.0 Å². The summed E-state index contributed by atoms with van der Waals surface area (Å²) in [6.45, 7) is 2.69. The van der Waals surface area contributed by atoms with Gasteiger partial charge in [-0.1, -0.05) is 30.3 Å². The highest BCUT2D eigenvalue weighted by Crippen LogP contribution is 2.25. The molecule has 2 N–H and O–H groups in total. The number of rotatable bonds is 3. The van der Waals surface area contributed by atoms with Crippen LogP contribution in [0.5, 0.6) is 0 Å². The molecule has 0 saturated carbocycles. The molecule has 112 valence electrons. The van der Waals surface area contributed by atoms with Gasteiger partial charge in [0.15, 0.2) is 0 Å². The summed E-state index contributed by atoms with van der Waals surface area (Å²) in [5.74, 6) is 0.342. The van der Waals surface area contributed by atoms with E-state index in [9.17, 15) is 9.59 Å². The Morgan fingerprint density at radius 3 is 2.90 bits per heavy atom. The van der Waals surface area contributed by atoms with Gasteiger partial charge in [0.1, 0.15) is 0 Å². The summed E-state index contributed by atoms with van der Waals surface area (Å²) in [7, 11) is 0. The Balaban J connectivity index is 1.52. The Labute approximate surface area is 124 Å². The second kappa shape index (κ2) is 6.26. The Morgan fingerprint density at radius 1 is 1.29 bits per heavy atom. The average Bonchev–Trinajstić information content (AvgIpc) is 2.52. The van der Waals surface area contributed by atoms with E-state index in [1.165, 1.54) is 10.5 Å². The summed E-state index contributed by atoms with van der Waals surface area (Å²) in [6.07, 6.45) is 1.70. The van der Waals surface area contributed by atoms with Gasteiger partial charge in [-0.05, 0) is 30.9 Å². The van der Waals surface area contributed by atoms with Crippen molar-refractivity contribution < 1.29 is 9.59 Å². The van der Waals surface area contributed by atoms with Crippen molar-refractivity contribution in [2.45, 2.75) is 12.8 Å². The molecular weight excluding hydrogens is 266 g/mol. The van der Waals surface area contributed by atoms with E-state index in [0.29, 0.717) is 25.6 Å². The zero-order chi connectivity index (χ0) is 14.7. The largest absolute Gasteiger partial charge is 0.337 e. The molecule has 0 aliphatic carbocycles. The zero-order valence-corrected chi connectivity index (χ0v) is 12.0. The van der Waals surface area contributed by atoms with E-state index in [0.717, 1.165) is 19.4 Å². The lowest BCUT2D eigenvalue weighted by Gasteiger charge is -2.39. The van der Waals surface area contributed by atoms with Crippen LogP contribution >= 0.6 is 0 Å². The first-order chi connectivity index (χ1) is 10.2. The lowest BCUT2D eigenvalue weighted by atomic mass is 9.85. The normalized spacial score (nSPS) is 24.8. The van der Waals surface area contributed by atoms with Crippen molar-refractivity contribution in [1.82, 2.24) is 15.5 Å². The molecule has 1 aromatic rings. The van der Waals surface area contributed by atoms with Crippen LogP contribution in [0, 0.1) is 11.8 Å². The molecule has 1 aromatic carbocycles. The number of fused-ring (bicyclic) bond motifs is 2. The molecule has 2 aliphatic rings. The molecule has 0 aromatic heterocycles. The number of nitrogens with zero attached hydrogens (tertiary/aromatic N) is 1. The lowest BCUT2D eigenvalue weighted by molar-refractivity contribution is -0.137. The number of nitrogens with one attached hydrogen (secondary N) is 2. The number of hydrogen-bond donors (Lipinski definition) is 2. The van der Waals surface area contributed by atoms with Crippen molar-refractivity contribution in [3.8, 4) is 0 Å². The van der Waals surface area contributed by atoms with Gasteiger partial charge in [-0.3, -0.25) is 9.69 Å². The third kappa shape index (κ3) is 3.24. The smallest absolute Gasteiger partial charge is 0.324 e. The highest BCUT2D eigenvalue weighted by molar-refractivity contribution is 5.96. The van der Waals surface area contributed by atoms with Gasteiger partial charge in [0.25, 0.3) is 0 Å². The average molecular weight is 287 g/mol. The molecule has 2 unspecified atom stereocenters. The maximum absolute atomic E-state index is 12.2. The van der Waals surface area contributed by atoms with Gasteiger partial charge < -0.3 is 10.6 Å². The molecule has 2 fully saturated rings. The molecule has 2 bridgehead atoms. The molecule has 3 rings (SSSR count). The first-order valence-electron chi connectivity index (χ1n) is 7.58. The van der Waals surface area contributed by atoms with Crippen molar-refractivity contribution in [3.05, 3.63) is 35.9 Å². The van der Waals surface area contributed by atoms with Crippen molar-refractivity contribution in [1.29, 1.82) is 0 Å². The molecule has 2 heterocycles. The van der Waals surface area contributed by atoms with E-state index in [-0.39, 0.29) is 17.9 Å². The second-order valence-corrected chi connectivity index (χ2v) is 5.87. The van der Waals surface area contributed by atoms with Crippen LogP contribution in [0.3, 0.4) is 0 Å². The van der Waals surface area contributed by atoms with Crippen molar-refractivity contribution in [3.63, 3.8) is 0 Å². The first kappa shape index (κ1) is 14.1. The fraction of sp³-hybridized carbons (Fsp3) is 0.500. The maximum Gasteiger partial charge on any atom is 0.324 e. The van der Waals surface area contributed by atoms with Crippen molar-refractivity contribution >= 4 is 11.9 Å². The van der Waals surface area contributed by atoms with E-state index in [1.54, 1.807) is 0 Å². The summed E-state index contributed by atoms with van der Waals surface area (Å²) in [4.78, 5) is 25.8. The van der Waals surface area contributed by atoms with Gasteiger partial charge >= 0.3 is 6.03 Å². The van der Waals surface area contributed by atoms with E-state index in [1.807, 2.05) is 30.3 Å². The lowest BCUT2D eigenvalue weighted by Crippen LogP contribution is -2.58. The number of amides is 3. The molecule has 2 atom stereocenters. The SMILES string of the molecule is O=C(NCCc1ccccc1)N1CC2CNCC(C2)C1=O. The predicted octanol–water partition coefficient (Wildman–Crippen LogP) is 1.01. The van der Waals surface area contributed by atoms with Gasteiger partial charge in [0, 0.05) is 19.6 Å². The Morgan fingerprint density at radius 2 is 2.10 bits per heavy atom. The summed E-state index contributed by atoms with van der Waals surface area (Å²) in [5, 5.41) is 6.13. The minimum Gasteiger partial charge on any atom is -0.337 e. The first-order valence-corrected chi connectivity index (χ1v) is 7.58. The Kier molecular flexibility index (Phi) is 4.20. The number of hydrogen-bond acceptors (Lipinski definition) is 3. The summed E-state index contributed by atoms with van der Waals surface area (Å²) in [6, 6.07) is 9.77. The number of piperidine rings is 2. The van der Waals surface area contributed by atoms with Crippen LogP contribution in [0.25, 0.3) is 0 Å². The molecule has 5 nitrogen and oxygen atoms in total. The van der Waals surface area contributed by atoms with Crippen LogP contribution < -0.4 is 10.6 Å². The molecule has 2 aliphatic heterocycles. The van der Waals surface area contributed by atoms with E-state index >= 15 is 0 Å². The van der Waals surface area contributed by atoms with Gasteiger partial charge in [-0.25, -0.2) is 4.79 Å². The zero-order valence-electron chi connectivity index (χ0n) is 12.0. The topological polar surface area (TPSA) is 61.4 Å². The number of likely N-dealkylation sites (tertiary alicyclic amines) is 1. The molecule has 0 radical (unpaired) electrons. The van der Waals surface area contributed by atoms with Crippen LogP contribution in [0.4, 0.5) is 4.79 Å². The number of urea groups is 1. The summed E-state index contributed by atoms with van der Waals surface area (Å²) in [5.41, 5.74) is 1.18. The predicted molar refractivity (Wildman–Crippen MR) is 79.7 cm³/mol. The van der Waals surface area contributed by atoms with Gasteiger partial charge in [-0.2, -0.15) is 0 Å². The molecule has 5 heteroatoms. The summed E-state index contributed by atoms with van der Waals surface area (Å²) < 4.78 is 0. The molecule has 3 amide bonds. The molecular formula is C16H21N3O2. The third-order valence-corrected chi connectivity index (χ3v) is 4.28. The molecule has 2 saturated heterocycles. The van der Waals surface area contributed by atoms with Crippen LogP contribution in [-0.4, -0.2) is 43.0 Å².